The SMILES string of the molecule is CN(CC(=O)N1CCOc2ccccc21)Cc1cnc2ccccn12. The normalized spacial score (nSPS) is 13.8. The summed E-state index contributed by atoms with van der Waals surface area (Å²) in [5, 5.41) is 0. The Morgan fingerprint density at radius 3 is 3.00 bits per heavy atom. The molecule has 0 atom stereocenters. The van der Waals surface area contributed by atoms with Gasteiger partial charge in [-0.1, -0.05) is 18.2 Å². The monoisotopic (exact) mass is 336 g/mol. The molecule has 6 heteroatoms. The highest BCUT2D eigenvalue weighted by Gasteiger charge is 2.24. The molecular formula is C19H20N4O2. The van der Waals surface area contributed by atoms with Gasteiger partial charge in [0.15, 0.2) is 0 Å². The molecule has 0 fully saturated rings. The van der Waals surface area contributed by atoms with Gasteiger partial charge in [-0.2, -0.15) is 0 Å². The molecule has 0 saturated carbocycles. The highest BCUT2D eigenvalue weighted by molar-refractivity contribution is 5.96. The van der Waals surface area contributed by atoms with E-state index >= 15 is 0 Å². The number of anilines is 1. The molecule has 1 amide bonds. The van der Waals surface area contributed by atoms with Crippen molar-refractivity contribution in [2.24, 2.45) is 0 Å². The van der Waals surface area contributed by atoms with E-state index in [0.29, 0.717) is 26.2 Å². The van der Waals surface area contributed by atoms with Gasteiger partial charge in [0.25, 0.3) is 0 Å². The van der Waals surface area contributed by atoms with E-state index in [-0.39, 0.29) is 5.91 Å². The van der Waals surface area contributed by atoms with E-state index in [1.165, 1.54) is 0 Å². The van der Waals surface area contributed by atoms with E-state index in [4.69, 9.17) is 4.74 Å². The number of aromatic nitrogens is 2. The van der Waals surface area contributed by atoms with Crippen LogP contribution in [-0.2, 0) is 11.3 Å². The van der Waals surface area contributed by atoms with Crippen molar-refractivity contribution in [1.29, 1.82) is 0 Å². The Morgan fingerprint density at radius 1 is 1.24 bits per heavy atom. The molecule has 0 bridgehead atoms. The molecule has 1 aliphatic heterocycles. The average Bonchev–Trinajstić information content (AvgIpc) is 3.04. The Labute approximate surface area is 146 Å². The van der Waals surface area contributed by atoms with Crippen LogP contribution in [0.4, 0.5) is 5.69 Å². The number of likely N-dealkylation sites (N-methyl/N-ethyl adjacent to an activating group) is 1. The number of ether oxygens (including phenoxy) is 1. The molecular weight excluding hydrogens is 316 g/mol. The fraction of sp³-hybridized carbons (Fsp3) is 0.263. The third-order valence-corrected chi connectivity index (χ3v) is 4.36. The molecule has 0 saturated heterocycles. The number of imidazole rings is 1. The smallest absolute Gasteiger partial charge is 0.241 e. The lowest BCUT2D eigenvalue weighted by Gasteiger charge is -2.30. The average molecular weight is 336 g/mol. The number of pyridine rings is 1. The minimum absolute atomic E-state index is 0.0760. The van der Waals surface area contributed by atoms with Gasteiger partial charge in [0.05, 0.1) is 30.7 Å². The Balaban J connectivity index is 1.46. The van der Waals surface area contributed by atoms with Crippen LogP contribution in [0.3, 0.4) is 0 Å². The van der Waals surface area contributed by atoms with E-state index < -0.39 is 0 Å². The van der Waals surface area contributed by atoms with Crippen molar-refractivity contribution < 1.29 is 9.53 Å². The standard InChI is InChI=1S/C19H20N4O2/c1-21(13-15-12-20-18-8-4-5-9-22(15)18)14-19(24)23-10-11-25-17-7-3-2-6-16(17)23/h2-9,12H,10-11,13-14H2,1H3. The van der Waals surface area contributed by atoms with Gasteiger partial charge in [-0.15, -0.1) is 0 Å². The van der Waals surface area contributed by atoms with Crippen LogP contribution in [0, 0.1) is 0 Å². The fourth-order valence-electron chi connectivity index (χ4n) is 3.18. The van der Waals surface area contributed by atoms with Crippen molar-refractivity contribution in [3.05, 3.63) is 60.6 Å². The summed E-state index contributed by atoms with van der Waals surface area (Å²) in [5.74, 6) is 0.846. The van der Waals surface area contributed by atoms with E-state index in [9.17, 15) is 4.79 Å². The topological polar surface area (TPSA) is 50.1 Å². The third kappa shape index (κ3) is 3.08. The van der Waals surface area contributed by atoms with Gasteiger partial charge in [0.1, 0.15) is 18.0 Å². The fourth-order valence-corrected chi connectivity index (χ4v) is 3.18. The largest absolute Gasteiger partial charge is 0.490 e. The molecule has 0 N–H and O–H groups in total. The first kappa shape index (κ1) is 15.7. The number of benzene rings is 1. The number of hydrogen-bond donors (Lipinski definition) is 0. The molecule has 0 unspecified atom stereocenters. The Kier molecular flexibility index (Phi) is 4.11. The van der Waals surface area contributed by atoms with Crippen LogP contribution in [-0.4, -0.2) is 46.9 Å². The number of para-hydroxylation sites is 2. The second-order valence-electron chi connectivity index (χ2n) is 6.21. The summed E-state index contributed by atoms with van der Waals surface area (Å²) >= 11 is 0. The highest BCUT2D eigenvalue weighted by atomic mass is 16.5. The van der Waals surface area contributed by atoms with Gasteiger partial charge in [-0.25, -0.2) is 4.98 Å². The first-order valence-corrected chi connectivity index (χ1v) is 8.34. The summed E-state index contributed by atoms with van der Waals surface area (Å²) < 4.78 is 7.67. The number of carbonyl (C=O) groups excluding carboxylic acids is 1. The van der Waals surface area contributed by atoms with E-state index in [1.54, 1.807) is 0 Å². The number of carbonyl (C=O) groups is 1. The maximum Gasteiger partial charge on any atom is 0.241 e. The molecule has 0 aliphatic carbocycles. The van der Waals surface area contributed by atoms with Crippen LogP contribution in [0.15, 0.2) is 54.9 Å². The van der Waals surface area contributed by atoms with Gasteiger partial charge < -0.3 is 14.0 Å². The van der Waals surface area contributed by atoms with Crippen molar-refractivity contribution in [3.63, 3.8) is 0 Å². The Bertz CT molecular complexity index is 905. The van der Waals surface area contributed by atoms with Gasteiger partial charge >= 0.3 is 0 Å². The van der Waals surface area contributed by atoms with Gasteiger partial charge in [0, 0.05) is 12.7 Å². The molecule has 25 heavy (non-hydrogen) atoms. The van der Waals surface area contributed by atoms with Crippen molar-refractivity contribution in [2.45, 2.75) is 6.54 Å². The van der Waals surface area contributed by atoms with Gasteiger partial charge in [-0.05, 0) is 31.3 Å². The van der Waals surface area contributed by atoms with Crippen molar-refractivity contribution in [2.75, 3.05) is 31.6 Å². The number of amides is 1. The second-order valence-corrected chi connectivity index (χ2v) is 6.21. The highest BCUT2D eigenvalue weighted by Crippen LogP contribution is 2.30. The van der Waals surface area contributed by atoms with E-state index in [1.807, 2.05) is 76.1 Å². The Morgan fingerprint density at radius 2 is 2.08 bits per heavy atom. The molecule has 6 nitrogen and oxygen atoms in total. The lowest BCUT2D eigenvalue weighted by atomic mass is 10.2. The number of fused-ring (bicyclic) bond motifs is 2. The Hall–Kier alpha value is -2.86. The summed E-state index contributed by atoms with van der Waals surface area (Å²) in [5.41, 5.74) is 2.83. The summed E-state index contributed by atoms with van der Waals surface area (Å²) in [4.78, 5) is 21.0. The molecule has 2 aromatic heterocycles. The molecule has 3 aromatic rings. The number of nitrogens with zero attached hydrogens (tertiary/aromatic N) is 4. The lowest BCUT2D eigenvalue weighted by molar-refractivity contribution is -0.119. The predicted molar refractivity (Wildman–Crippen MR) is 95.8 cm³/mol. The summed E-state index contributed by atoms with van der Waals surface area (Å²) in [6, 6.07) is 13.6. The maximum absolute atomic E-state index is 12.8. The maximum atomic E-state index is 12.8. The number of rotatable bonds is 4. The first-order valence-electron chi connectivity index (χ1n) is 8.34. The lowest BCUT2D eigenvalue weighted by Crippen LogP contribution is -2.43. The van der Waals surface area contributed by atoms with Crippen LogP contribution < -0.4 is 9.64 Å². The van der Waals surface area contributed by atoms with Gasteiger partial charge in [0.2, 0.25) is 5.91 Å². The zero-order chi connectivity index (χ0) is 17.2. The van der Waals surface area contributed by atoms with Gasteiger partial charge in [-0.3, -0.25) is 9.69 Å². The molecule has 1 aromatic carbocycles. The molecule has 1 aliphatic rings. The van der Waals surface area contributed by atoms with Crippen LogP contribution in [0.1, 0.15) is 5.69 Å². The van der Waals surface area contributed by atoms with E-state index in [0.717, 1.165) is 22.8 Å². The molecule has 0 radical (unpaired) electrons. The van der Waals surface area contributed by atoms with Crippen LogP contribution in [0.2, 0.25) is 0 Å². The van der Waals surface area contributed by atoms with Crippen molar-refractivity contribution in [3.8, 4) is 5.75 Å². The van der Waals surface area contributed by atoms with Crippen LogP contribution >= 0.6 is 0 Å². The van der Waals surface area contributed by atoms with E-state index in [2.05, 4.69) is 4.98 Å². The number of hydrogen-bond acceptors (Lipinski definition) is 4. The molecule has 4 rings (SSSR count). The molecule has 0 spiro atoms. The van der Waals surface area contributed by atoms with Crippen molar-refractivity contribution in [1.82, 2.24) is 14.3 Å². The minimum atomic E-state index is 0.0760. The predicted octanol–water partition coefficient (Wildman–Crippen LogP) is 2.19. The summed E-state index contributed by atoms with van der Waals surface area (Å²) in [6.45, 7) is 2.11. The minimum Gasteiger partial charge on any atom is -0.490 e. The van der Waals surface area contributed by atoms with Crippen molar-refractivity contribution >= 4 is 17.2 Å². The van der Waals surface area contributed by atoms with Crippen LogP contribution in [0.25, 0.3) is 5.65 Å². The summed E-state index contributed by atoms with van der Waals surface area (Å²) in [7, 11) is 1.95. The zero-order valence-corrected chi connectivity index (χ0v) is 14.1. The zero-order valence-electron chi connectivity index (χ0n) is 14.1. The molecule has 128 valence electrons. The molecule has 3 heterocycles. The summed E-state index contributed by atoms with van der Waals surface area (Å²) in [6.07, 6.45) is 3.85. The quantitative estimate of drug-likeness (QED) is 0.733. The van der Waals surface area contributed by atoms with Crippen LogP contribution in [0.5, 0.6) is 5.75 Å². The first-order chi connectivity index (χ1) is 12.2. The second kappa shape index (κ2) is 6.57. The third-order valence-electron chi connectivity index (χ3n) is 4.36.